The number of aromatic nitrogens is 1. The minimum atomic E-state index is -0.774. The lowest BCUT2D eigenvalue weighted by molar-refractivity contribution is -0.139. The van der Waals surface area contributed by atoms with Crippen molar-refractivity contribution in [3.05, 3.63) is 84.5 Å². The highest BCUT2D eigenvalue weighted by Gasteiger charge is 2.33. The molecule has 0 amide bonds. The van der Waals surface area contributed by atoms with E-state index >= 15 is 0 Å². The molecule has 0 saturated heterocycles. The SMILES string of the molecule is CCOC(=O)C1=C(C)N=c2s/c(=C/c3ccc(OC(C)=O)cc3)c(=O)n2C1c1ccc(OC)c(OC)c1. The highest BCUT2D eigenvalue weighted by atomic mass is 32.1. The van der Waals surface area contributed by atoms with Crippen molar-refractivity contribution in [2.75, 3.05) is 20.8 Å². The number of thiazole rings is 1. The zero-order valence-corrected chi connectivity index (χ0v) is 21.9. The molecular formula is C27H26N2O7S. The summed E-state index contributed by atoms with van der Waals surface area (Å²) < 4.78 is 23.2. The van der Waals surface area contributed by atoms with E-state index in [0.717, 1.165) is 5.56 Å². The van der Waals surface area contributed by atoms with E-state index in [2.05, 4.69) is 4.99 Å². The third kappa shape index (κ3) is 5.19. The first-order valence-corrected chi connectivity index (χ1v) is 12.3. The van der Waals surface area contributed by atoms with Gasteiger partial charge < -0.3 is 18.9 Å². The summed E-state index contributed by atoms with van der Waals surface area (Å²) in [6.07, 6.45) is 1.73. The summed E-state index contributed by atoms with van der Waals surface area (Å²) in [5, 5.41) is 0. The van der Waals surface area contributed by atoms with Crippen molar-refractivity contribution < 1.29 is 28.5 Å². The molecule has 2 aromatic carbocycles. The number of carbonyl (C=O) groups is 2. The molecule has 0 fully saturated rings. The average Bonchev–Trinajstić information content (AvgIpc) is 3.17. The lowest BCUT2D eigenvalue weighted by atomic mass is 9.95. The van der Waals surface area contributed by atoms with Gasteiger partial charge in [-0.1, -0.05) is 29.5 Å². The van der Waals surface area contributed by atoms with Crippen molar-refractivity contribution in [2.24, 2.45) is 4.99 Å². The molecular weight excluding hydrogens is 496 g/mol. The predicted molar refractivity (Wildman–Crippen MR) is 138 cm³/mol. The number of nitrogens with zero attached hydrogens (tertiary/aromatic N) is 2. The van der Waals surface area contributed by atoms with Gasteiger partial charge in [0.1, 0.15) is 5.75 Å². The Morgan fingerprint density at radius 2 is 1.78 bits per heavy atom. The second kappa shape index (κ2) is 10.8. The van der Waals surface area contributed by atoms with Crippen LogP contribution in [-0.2, 0) is 14.3 Å². The summed E-state index contributed by atoms with van der Waals surface area (Å²) >= 11 is 1.22. The first-order valence-electron chi connectivity index (χ1n) is 11.5. The highest BCUT2D eigenvalue weighted by Crippen LogP contribution is 2.36. The molecule has 1 aromatic heterocycles. The molecule has 1 atom stereocenters. The first kappa shape index (κ1) is 25.9. The third-order valence-electron chi connectivity index (χ3n) is 5.68. The number of methoxy groups -OCH3 is 2. The van der Waals surface area contributed by atoms with Gasteiger partial charge in [-0.3, -0.25) is 14.2 Å². The van der Waals surface area contributed by atoms with Crippen LogP contribution in [0.2, 0.25) is 0 Å². The molecule has 192 valence electrons. The lowest BCUT2D eigenvalue weighted by Crippen LogP contribution is -2.39. The zero-order valence-electron chi connectivity index (χ0n) is 21.1. The Morgan fingerprint density at radius 3 is 2.41 bits per heavy atom. The summed E-state index contributed by atoms with van der Waals surface area (Å²) in [4.78, 5) is 43.0. The van der Waals surface area contributed by atoms with Crippen LogP contribution >= 0.6 is 11.3 Å². The van der Waals surface area contributed by atoms with Crippen molar-refractivity contribution in [1.29, 1.82) is 0 Å². The smallest absolute Gasteiger partial charge is 0.338 e. The maximum atomic E-state index is 13.7. The molecule has 9 nitrogen and oxygen atoms in total. The number of allylic oxidation sites excluding steroid dienone is 1. The van der Waals surface area contributed by atoms with E-state index in [1.807, 2.05) is 0 Å². The maximum Gasteiger partial charge on any atom is 0.338 e. The van der Waals surface area contributed by atoms with Gasteiger partial charge in [0.25, 0.3) is 5.56 Å². The van der Waals surface area contributed by atoms with Gasteiger partial charge in [-0.25, -0.2) is 9.79 Å². The second-order valence-corrected chi connectivity index (χ2v) is 9.09. The molecule has 0 aliphatic carbocycles. The first-order chi connectivity index (χ1) is 17.8. The fourth-order valence-electron chi connectivity index (χ4n) is 4.08. The fourth-order valence-corrected chi connectivity index (χ4v) is 5.13. The zero-order chi connectivity index (χ0) is 26.7. The van der Waals surface area contributed by atoms with Crippen LogP contribution in [0.1, 0.15) is 37.9 Å². The van der Waals surface area contributed by atoms with E-state index in [0.29, 0.717) is 37.8 Å². The van der Waals surface area contributed by atoms with Crippen molar-refractivity contribution in [2.45, 2.75) is 26.8 Å². The van der Waals surface area contributed by atoms with Crippen molar-refractivity contribution in [1.82, 2.24) is 4.57 Å². The normalized spacial score (nSPS) is 15.1. The molecule has 4 rings (SSSR count). The van der Waals surface area contributed by atoms with Crippen LogP contribution in [0.3, 0.4) is 0 Å². The number of hydrogen-bond donors (Lipinski definition) is 0. The Hall–Kier alpha value is -4.18. The summed E-state index contributed by atoms with van der Waals surface area (Å²) in [7, 11) is 3.06. The molecule has 10 heteroatoms. The molecule has 2 heterocycles. The van der Waals surface area contributed by atoms with E-state index in [4.69, 9.17) is 18.9 Å². The lowest BCUT2D eigenvalue weighted by Gasteiger charge is -2.25. The minimum Gasteiger partial charge on any atom is -0.493 e. The quantitative estimate of drug-likeness (QED) is 0.347. The van der Waals surface area contributed by atoms with Crippen LogP contribution in [0.5, 0.6) is 17.2 Å². The predicted octanol–water partition coefficient (Wildman–Crippen LogP) is 2.74. The van der Waals surface area contributed by atoms with Gasteiger partial charge in [-0.15, -0.1) is 0 Å². The van der Waals surface area contributed by atoms with Gasteiger partial charge in [-0.2, -0.15) is 0 Å². The molecule has 0 spiro atoms. The van der Waals surface area contributed by atoms with Crippen LogP contribution in [0.15, 0.2) is 63.5 Å². The summed E-state index contributed by atoms with van der Waals surface area (Å²) in [5.74, 6) is 0.444. The number of benzene rings is 2. The van der Waals surface area contributed by atoms with E-state index in [1.54, 1.807) is 62.4 Å². The van der Waals surface area contributed by atoms with Gasteiger partial charge >= 0.3 is 11.9 Å². The Labute approximate surface area is 216 Å². The molecule has 0 N–H and O–H groups in total. The Balaban J connectivity index is 1.89. The molecule has 0 radical (unpaired) electrons. The highest BCUT2D eigenvalue weighted by molar-refractivity contribution is 7.07. The Morgan fingerprint density at radius 1 is 1.08 bits per heavy atom. The third-order valence-corrected chi connectivity index (χ3v) is 6.66. The van der Waals surface area contributed by atoms with E-state index < -0.39 is 18.0 Å². The van der Waals surface area contributed by atoms with E-state index in [9.17, 15) is 14.4 Å². The standard InChI is InChI=1S/C27H26N2O7S/c1-6-35-26(32)23-15(2)28-27-29(24(23)18-9-12-20(33-4)21(14-18)34-5)25(31)22(37-27)13-17-7-10-19(11-8-17)36-16(3)30/h7-14,24H,6H2,1-5H3/b22-13+. The molecule has 1 aliphatic rings. The van der Waals surface area contributed by atoms with Gasteiger partial charge in [0.15, 0.2) is 16.3 Å². The fraction of sp³-hybridized carbons (Fsp3) is 0.259. The van der Waals surface area contributed by atoms with Gasteiger partial charge in [0.2, 0.25) is 0 Å². The molecule has 1 unspecified atom stereocenters. The van der Waals surface area contributed by atoms with Gasteiger partial charge in [0.05, 0.1) is 42.7 Å². The minimum absolute atomic E-state index is 0.183. The molecule has 1 aliphatic heterocycles. The number of ether oxygens (including phenoxy) is 4. The Bertz CT molecular complexity index is 1570. The molecule has 37 heavy (non-hydrogen) atoms. The van der Waals surface area contributed by atoms with Crippen molar-refractivity contribution in [3.63, 3.8) is 0 Å². The number of fused-ring (bicyclic) bond motifs is 1. The van der Waals surface area contributed by atoms with Crippen molar-refractivity contribution >= 4 is 29.4 Å². The largest absolute Gasteiger partial charge is 0.493 e. The van der Waals surface area contributed by atoms with Gasteiger partial charge in [-0.05, 0) is 55.3 Å². The topological polar surface area (TPSA) is 105 Å². The summed E-state index contributed by atoms with van der Waals surface area (Å²) in [6, 6.07) is 11.3. The molecule has 3 aromatic rings. The van der Waals surface area contributed by atoms with E-state index in [-0.39, 0.29) is 17.7 Å². The number of rotatable bonds is 7. The summed E-state index contributed by atoms with van der Waals surface area (Å²) in [5.41, 5.74) is 1.83. The number of esters is 2. The van der Waals surface area contributed by atoms with Crippen LogP contribution in [-0.4, -0.2) is 37.3 Å². The molecule has 0 saturated carbocycles. The number of carbonyl (C=O) groups excluding carboxylic acids is 2. The Kier molecular flexibility index (Phi) is 7.58. The molecule has 0 bridgehead atoms. The van der Waals surface area contributed by atoms with Crippen molar-refractivity contribution in [3.8, 4) is 17.2 Å². The monoisotopic (exact) mass is 522 g/mol. The van der Waals surface area contributed by atoms with Gasteiger partial charge in [0, 0.05) is 6.92 Å². The second-order valence-electron chi connectivity index (χ2n) is 8.08. The van der Waals surface area contributed by atoms with E-state index in [1.165, 1.54) is 37.0 Å². The van der Waals surface area contributed by atoms with Crippen LogP contribution in [0.25, 0.3) is 6.08 Å². The van der Waals surface area contributed by atoms with Crippen LogP contribution in [0.4, 0.5) is 0 Å². The number of hydrogen-bond acceptors (Lipinski definition) is 9. The maximum absolute atomic E-state index is 13.7. The van der Waals surface area contributed by atoms with Crippen LogP contribution < -0.4 is 29.1 Å². The average molecular weight is 523 g/mol. The van der Waals surface area contributed by atoms with Crippen LogP contribution in [0, 0.1) is 0 Å². The summed E-state index contributed by atoms with van der Waals surface area (Å²) in [6.45, 7) is 4.96.